The van der Waals surface area contributed by atoms with E-state index in [-0.39, 0.29) is 18.0 Å². The van der Waals surface area contributed by atoms with Crippen LogP contribution in [-0.4, -0.2) is 11.6 Å². The molecule has 0 bridgehead atoms. The molecule has 90 valence electrons. The van der Waals surface area contributed by atoms with Crippen LogP contribution in [0.25, 0.3) is 0 Å². The summed E-state index contributed by atoms with van der Waals surface area (Å²) in [4.78, 5) is 23.8. The molecule has 18 heavy (non-hydrogen) atoms. The molecule has 0 fully saturated rings. The second kappa shape index (κ2) is 5.27. The molecule has 0 saturated heterocycles. The van der Waals surface area contributed by atoms with Gasteiger partial charge in [0.15, 0.2) is 11.6 Å². The van der Waals surface area contributed by atoms with E-state index in [9.17, 15) is 9.59 Å². The molecule has 0 aliphatic rings. The van der Waals surface area contributed by atoms with Crippen LogP contribution in [-0.2, 0) is 0 Å². The summed E-state index contributed by atoms with van der Waals surface area (Å²) in [6.45, 7) is 0. The Morgan fingerprint density at radius 2 is 1.44 bits per heavy atom. The highest BCUT2D eigenvalue weighted by atomic mass is 16.1. The molecule has 0 radical (unpaired) electrons. The fraction of sp³-hybridized carbons (Fsp3) is 0.0667. The molecule has 0 heterocycles. The number of carbonyl (C=O) groups excluding carboxylic acids is 2. The Hall–Kier alpha value is -2.42. The average molecular weight is 239 g/mol. The molecule has 2 aromatic rings. The van der Waals surface area contributed by atoms with E-state index in [1.165, 1.54) is 0 Å². The van der Waals surface area contributed by atoms with E-state index >= 15 is 0 Å². The summed E-state index contributed by atoms with van der Waals surface area (Å²) in [6.07, 6.45) is -0.131. The van der Waals surface area contributed by atoms with Crippen LogP contribution in [0.3, 0.4) is 0 Å². The Labute approximate surface area is 105 Å². The van der Waals surface area contributed by atoms with E-state index in [0.717, 1.165) is 0 Å². The normalized spacial score (nSPS) is 10.0. The van der Waals surface area contributed by atoms with Gasteiger partial charge in [-0.15, -0.1) is 0 Å². The van der Waals surface area contributed by atoms with Gasteiger partial charge in [0, 0.05) is 16.8 Å². The molecule has 0 aromatic heterocycles. The molecular weight excluding hydrogens is 226 g/mol. The van der Waals surface area contributed by atoms with Crippen LogP contribution in [0.1, 0.15) is 27.1 Å². The number of nitrogens with two attached hydrogens (primary N) is 1. The maximum Gasteiger partial charge on any atom is 0.170 e. The van der Waals surface area contributed by atoms with Crippen LogP contribution < -0.4 is 5.73 Å². The van der Waals surface area contributed by atoms with Crippen molar-refractivity contribution in [3.63, 3.8) is 0 Å². The van der Waals surface area contributed by atoms with Crippen LogP contribution in [0, 0.1) is 0 Å². The zero-order valence-electron chi connectivity index (χ0n) is 9.80. The summed E-state index contributed by atoms with van der Waals surface area (Å²) in [5.41, 5.74) is 7.14. The molecule has 0 aliphatic heterocycles. The third-order valence-electron chi connectivity index (χ3n) is 2.63. The second-order valence-electron chi connectivity index (χ2n) is 4.01. The minimum atomic E-state index is -0.212. The largest absolute Gasteiger partial charge is 0.399 e. The summed E-state index contributed by atoms with van der Waals surface area (Å²) in [7, 11) is 0. The highest BCUT2D eigenvalue weighted by molar-refractivity contribution is 6.13. The number of ketones is 2. The zero-order valence-corrected chi connectivity index (χ0v) is 9.80. The first-order valence-corrected chi connectivity index (χ1v) is 5.64. The molecule has 3 heteroatoms. The second-order valence-corrected chi connectivity index (χ2v) is 4.01. The molecule has 2 rings (SSSR count). The lowest BCUT2D eigenvalue weighted by molar-refractivity contribution is 0.0894. The van der Waals surface area contributed by atoms with Crippen molar-refractivity contribution in [2.45, 2.75) is 6.42 Å². The summed E-state index contributed by atoms with van der Waals surface area (Å²) in [5, 5.41) is 0. The predicted octanol–water partition coefficient (Wildman–Crippen LogP) is 2.72. The summed E-state index contributed by atoms with van der Waals surface area (Å²) >= 11 is 0. The van der Waals surface area contributed by atoms with Gasteiger partial charge in [-0.3, -0.25) is 9.59 Å². The maximum atomic E-state index is 11.9. The van der Waals surface area contributed by atoms with Crippen LogP contribution in [0.4, 0.5) is 5.69 Å². The number of nitrogen functional groups attached to an aromatic ring is 1. The van der Waals surface area contributed by atoms with E-state index in [1.807, 2.05) is 6.07 Å². The van der Waals surface area contributed by atoms with Crippen molar-refractivity contribution < 1.29 is 9.59 Å². The van der Waals surface area contributed by atoms with E-state index in [2.05, 4.69) is 0 Å². The molecule has 0 aliphatic carbocycles. The standard InChI is InChI=1S/C15H13NO2/c16-13-8-4-7-12(9-13)15(18)10-14(17)11-5-2-1-3-6-11/h1-9H,10,16H2. The highest BCUT2D eigenvalue weighted by Crippen LogP contribution is 2.11. The van der Waals surface area contributed by atoms with Gasteiger partial charge in [-0.1, -0.05) is 42.5 Å². The Balaban J connectivity index is 2.11. The van der Waals surface area contributed by atoms with Crippen molar-refractivity contribution in [1.82, 2.24) is 0 Å². The first-order chi connectivity index (χ1) is 8.66. The van der Waals surface area contributed by atoms with Crippen molar-refractivity contribution in [2.75, 3.05) is 5.73 Å². The fourth-order valence-electron chi connectivity index (χ4n) is 1.69. The topological polar surface area (TPSA) is 60.2 Å². The van der Waals surface area contributed by atoms with Gasteiger partial charge in [-0.2, -0.15) is 0 Å². The molecular formula is C15H13NO2. The molecule has 0 spiro atoms. The minimum Gasteiger partial charge on any atom is -0.399 e. The Morgan fingerprint density at radius 3 is 2.11 bits per heavy atom. The van der Waals surface area contributed by atoms with Crippen molar-refractivity contribution >= 4 is 17.3 Å². The van der Waals surface area contributed by atoms with Crippen molar-refractivity contribution in [3.8, 4) is 0 Å². The van der Waals surface area contributed by atoms with E-state index in [0.29, 0.717) is 16.8 Å². The molecule has 0 atom stereocenters. The molecule has 2 N–H and O–H groups in total. The Morgan fingerprint density at radius 1 is 0.833 bits per heavy atom. The number of hydrogen-bond donors (Lipinski definition) is 1. The summed E-state index contributed by atoms with van der Waals surface area (Å²) in [6, 6.07) is 15.4. The van der Waals surface area contributed by atoms with E-state index in [4.69, 9.17) is 5.73 Å². The highest BCUT2D eigenvalue weighted by Gasteiger charge is 2.13. The third-order valence-corrected chi connectivity index (χ3v) is 2.63. The fourth-order valence-corrected chi connectivity index (χ4v) is 1.69. The van der Waals surface area contributed by atoms with Gasteiger partial charge < -0.3 is 5.73 Å². The summed E-state index contributed by atoms with van der Waals surface area (Å²) < 4.78 is 0. The van der Waals surface area contributed by atoms with Gasteiger partial charge in [-0.25, -0.2) is 0 Å². The Kier molecular flexibility index (Phi) is 3.53. The lowest BCUT2D eigenvalue weighted by atomic mass is 10.0. The summed E-state index contributed by atoms with van der Waals surface area (Å²) in [5.74, 6) is -0.390. The van der Waals surface area contributed by atoms with Crippen LogP contribution in [0.15, 0.2) is 54.6 Å². The number of hydrogen-bond acceptors (Lipinski definition) is 3. The predicted molar refractivity (Wildman–Crippen MR) is 70.6 cm³/mol. The third kappa shape index (κ3) is 2.83. The maximum absolute atomic E-state index is 11.9. The Bertz CT molecular complexity index is 576. The zero-order chi connectivity index (χ0) is 13.0. The SMILES string of the molecule is Nc1cccc(C(=O)CC(=O)c2ccccc2)c1. The molecule has 2 aromatic carbocycles. The first-order valence-electron chi connectivity index (χ1n) is 5.64. The average Bonchev–Trinajstić information content (AvgIpc) is 2.39. The van der Waals surface area contributed by atoms with Crippen LogP contribution >= 0.6 is 0 Å². The number of benzene rings is 2. The van der Waals surface area contributed by atoms with Crippen molar-refractivity contribution in [3.05, 3.63) is 65.7 Å². The molecule has 0 unspecified atom stereocenters. The van der Waals surface area contributed by atoms with Crippen molar-refractivity contribution in [1.29, 1.82) is 0 Å². The van der Waals surface area contributed by atoms with Crippen LogP contribution in [0.2, 0.25) is 0 Å². The van der Waals surface area contributed by atoms with Gasteiger partial charge in [0.2, 0.25) is 0 Å². The van der Waals surface area contributed by atoms with Gasteiger partial charge in [0.05, 0.1) is 6.42 Å². The monoisotopic (exact) mass is 239 g/mol. The number of rotatable bonds is 4. The number of Topliss-reactive ketones (excluding diaryl/α,β-unsaturated/α-hetero) is 2. The molecule has 0 saturated carbocycles. The minimum absolute atomic E-state index is 0.131. The number of anilines is 1. The van der Waals surface area contributed by atoms with Gasteiger partial charge in [0.25, 0.3) is 0 Å². The smallest absolute Gasteiger partial charge is 0.170 e. The lowest BCUT2D eigenvalue weighted by Crippen LogP contribution is -2.08. The first kappa shape index (κ1) is 12.0. The molecule has 0 amide bonds. The quantitative estimate of drug-likeness (QED) is 0.507. The number of carbonyl (C=O) groups is 2. The van der Waals surface area contributed by atoms with Gasteiger partial charge in [0.1, 0.15) is 0 Å². The van der Waals surface area contributed by atoms with E-state index in [1.54, 1.807) is 48.5 Å². The van der Waals surface area contributed by atoms with Crippen molar-refractivity contribution in [2.24, 2.45) is 0 Å². The molecule has 3 nitrogen and oxygen atoms in total. The van der Waals surface area contributed by atoms with E-state index < -0.39 is 0 Å². The lowest BCUT2D eigenvalue weighted by Gasteiger charge is -2.02. The van der Waals surface area contributed by atoms with Gasteiger partial charge >= 0.3 is 0 Å². The van der Waals surface area contributed by atoms with Crippen LogP contribution in [0.5, 0.6) is 0 Å². The van der Waals surface area contributed by atoms with Gasteiger partial charge in [-0.05, 0) is 12.1 Å².